The molecular weight excluding hydrogens is 424 g/mol. The van der Waals surface area contributed by atoms with Crippen LogP contribution in [0.3, 0.4) is 0 Å². The van der Waals surface area contributed by atoms with E-state index in [1.165, 1.54) is 6.92 Å². The third-order valence-corrected chi connectivity index (χ3v) is 5.58. The number of benzene rings is 3. The Morgan fingerprint density at radius 2 is 1.47 bits per heavy atom. The fraction of sp³-hybridized carbons (Fsp3) is 0.107. The molecule has 0 radical (unpaired) electrons. The number of nitrogens with one attached hydrogen (secondary N) is 1. The van der Waals surface area contributed by atoms with Gasteiger partial charge in [0.2, 0.25) is 5.91 Å². The molecular formula is C28H26N4O2. The average Bonchev–Trinajstić information content (AvgIpc) is 2.88. The number of nitrogens with zero attached hydrogens (tertiary/aromatic N) is 2. The van der Waals surface area contributed by atoms with Crippen molar-refractivity contribution in [3.8, 4) is 11.1 Å². The molecule has 4 rings (SSSR count). The van der Waals surface area contributed by atoms with Crippen LogP contribution in [-0.2, 0) is 4.79 Å². The predicted octanol–water partition coefficient (Wildman–Crippen LogP) is 5.05. The van der Waals surface area contributed by atoms with Gasteiger partial charge in [0.15, 0.2) is 0 Å². The molecule has 1 aromatic heterocycles. The maximum Gasteiger partial charge on any atom is 0.255 e. The van der Waals surface area contributed by atoms with Crippen LogP contribution in [0.5, 0.6) is 0 Å². The molecule has 0 spiro atoms. The van der Waals surface area contributed by atoms with Crippen LogP contribution in [0.15, 0.2) is 103 Å². The number of anilines is 2. The molecule has 3 aromatic carbocycles. The van der Waals surface area contributed by atoms with Gasteiger partial charge < -0.3 is 16.0 Å². The fourth-order valence-corrected chi connectivity index (χ4v) is 3.70. The first-order valence-corrected chi connectivity index (χ1v) is 11.0. The van der Waals surface area contributed by atoms with Gasteiger partial charge in [-0.2, -0.15) is 0 Å². The quantitative estimate of drug-likeness (QED) is 0.412. The smallest absolute Gasteiger partial charge is 0.255 e. The Labute approximate surface area is 199 Å². The van der Waals surface area contributed by atoms with Gasteiger partial charge in [-0.1, -0.05) is 54.6 Å². The number of carbonyl (C=O) groups is 2. The Balaban J connectivity index is 1.44. The zero-order valence-corrected chi connectivity index (χ0v) is 18.9. The summed E-state index contributed by atoms with van der Waals surface area (Å²) in [5.74, 6) is -0.300. The van der Waals surface area contributed by atoms with E-state index in [9.17, 15) is 9.59 Å². The molecule has 4 aromatic rings. The molecule has 1 unspecified atom stereocenters. The first-order valence-electron chi connectivity index (χ1n) is 11.0. The minimum absolute atomic E-state index is 0.0868. The van der Waals surface area contributed by atoms with E-state index in [-0.39, 0.29) is 11.8 Å². The van der Waals surface area contributed by atoms with Gasteiger partial charge in [0.25, 0.3) is 5.91 Å². The van der Waals surface area contributed by atoms with Gasteiger partial charge in [-0.15, -0.1) is 0 Å². The number of carbonyl (C=O) groups excluding carboxylic acids is 2. The molecule has 0 aliphatic heterocycles. The van der Waals surface area contributed by atoms with E-state index in [2.05, 4.69) is 22.4 Å². The lowest BCUT2D eigenvalue weighted by atomic mass is 10.0. The number of hydrogen-bond acceptors (Lipinski definition) is 4. The fourth-order valence-electron chi connectivity index (χ4n) is 3.70. The maximum absolute atomic E-state index is 12.5. The van der Waals surface area contributed by atoms with Crippen LogP contribution in [0, 0.1) is 0 Å². The molecule has 2 amide bonds. The molecule has 0 saturated carbocycles. The van der Waals surface area contributed by atoms with Crippen molar-refractivity contribution in [1.29, 1.82) is 0 Å². The van der Waals surface area contributed by atoms with Crippen molar-refractivity contribution in [3.63, 3.8) is 0 Å². The lowest BCUT2D eigenvalue weighted by molar-refractivity contribution is -0.116. The van der Waals surface area contributed by atoms with Crippen molar-refractivity contribution < 1.29 is 9.59 Å². The van der Waals surface area contributed by atoms with E-state index >= 15 is 0 Å². The minimum Gasteiger partial charge on any atom is -0.322 e. The minimum atomic E-state index is -0.407. The maximum atomic E-state index is 12.5. The highest BCUT2D eigenvalue weighted by Gasteiger charge is 2.17. The van der Waals surface area contributed by atoms with Crippen LogP contribution in [0.4, 0.5) is 11.4 Å². The summed E-state index contributed by atoms with van der Waals surface area (Å²) >= 11 is 0. The van der Waals surface area contributed by atoms with Gasteiger partial charge in [0.05, 0.1) is 0 Å². The van der Waals surface area contributed by atoms with E-state index in [1.807, 2.05) is 54.6 Å². The van der Waals surface area contributed by atoms with E-state index in [0.29, 0.717) is 17.8 Å². The monoisotopic (exact) mass is 450 g/mol. The van der Waals surface area contributed by atoms with E-state index in [0.717, 1.165) is 22.4 Å². The van der Waals surface area contributed by atoms with Crippen LogP contribution < -0.4 is 16.0 Å². The van der Waals surface area contributed by atoms with Crippen molar-refractivity contribution in [2.75, 3.05) is 16.8 Å². The Morgan fingerprint density at radius 3 is 2.09 bits per heavy atom. The molecule has 34 heavy (non-hydrogen) atoms. The summed E-state index contributed by atoms with van der Waals surface area (Å²) < 4.78 is 0. The second-order valence-electron chi connectivity index (χ2n) is 7.96. The predicted molar refractivity (Wildman–Crippen MR) is 135 cm³/mol. The Hall–Kier alpha value is -4.29. The molecule has 0 fully saturated rings. The second-order valence-corrected chi connectivity index (χ2v) is 7.96. The molecule has 6 nitrogen and oxygen atoms in total. The number of hydrogen-bond donors (Lipinski definition) is 2. The number of amides is 2. The standard InChI is InChI=1S/C28H26N4O2/c1-20(33)32(26-13-11-22(12-14-26)21-5-3-2-4-6-21)19-27(29)23-7-9-24(10-8-23)28(34)31-25-15-17-30-18-16-25/h2-18,27H,19,29H2,1H3,(H,30,31,34). The Bertz CT molecular complexity index is 1240. The first-order chi connectivity index (χ1) is 16.5. The second kappa shape index (κ2) is 10.6. The summed E-state index contributed by atoms with van der Waals surface area (Å²) in [4.78, 5) is 30.5. The molecule has 0 aliphatic rings. The molecule has 0 bridgehead atoms. The lowest BCUT2D eigenvalue weighted by Gasteiger charge is -2.25. The van der Waals surface area contributed by atoms with Crippen molar-refractivity contribution >= 4 is 23.2 Å². The number of aromatic nitrogens is 1. The van der Waals surface area contributed by atoms with Gasteiger partial charge in [0.1, 0.15) is 0 Å². The largest absolute Gasteiger partial charge is 0.322 e. The van der Waals surface area contributed by atoms with Gasteiger partial charge in [-0.3, -0.25) is 14.6 Å². The summed E-state index contributed by atoms with van der Waals surface area (Å²) in [6.45, 7) is 1.85. The zero-order chi connectivity index (χ0) is 23.9. The molecule has 1 atom stereocenters. The third kappa shape index (κ3) is 5.54. The summed E-state index contributed by atoms with van der Waals surface area (Å²) in [6, 6.07) is 28.1. The van der Waals surface area contributed by atoms with Crippen molar-refractivity contribution in [1.82, 2.24) is 4.98 Å². The van der Waals surface area contributed by atoms with Gasteiger partial charge >= 0.3 is 0 Å². The lowest BCUT2D eigenvalue weighted by Crippen LogP contribution is -2.35. The molecule has 6 heteroatoms. The number of rotatable bonds is 7. The SMILES string of the molecule is CC(=O)N(CC(N)c1ccc(C(=O)Nc2ccncc2)cc1)c1ccc(-c2ccccc2)cc1. The van der Waals surface area contributed by atoms with Crippen molar-refractivity contribution in [2.24, 2.45) is 5.73 Å². The van der Waals surface area contributed by atoms with Gasteiger partial charge in [-0.25, -0.2) is 0 Å². The van der Waals surface area contributed by atoms with Crippen LogP contribution in [0.2, 0.25) is 0 Å². The normalized spacial score (nSPS) is 11.5. The summed E-state index contributed by atoms with van der Waals surface area (Å²) in [7, 11) is 0. The van der Waals surface area contributed by atoms with Crippen molar-refractivity contribution in [3.05, 3.63) is 115 Å². The average molecular weight is 451 g/mol. The van der Waals surface area contributed by atoms with E-state index in [1.54, 1.807) is 41.6 Å². The van der Waals surface area contributed by atoms with Crippen molar-refractivity contribution in [2.45, 2.75) is 13.0 Å². The van der Waals surface area contributed by atoms with Crippen LogP contribution in [0.1, 0.15) is 28.9 Å². The van der Waals surface area contributed by atoms with Crippen LogP contribution >= 0.6 is 0 Å². The zero-order valence-electron chi connectivity index (χ0n) is 18.9. The van der Waals surface area contributed by atoms with Crippen LogP contribution in [-0.4, -0.2) is 23.3 Å². The van der Waals surface area contributed by atoms with Gasteiger partial charge in [-0.05, 0) is 53.1 Å². The third-order valence-electron chi connectivity index (χ3n) is 5.58. The number of nitrogens with two attached hydrogens (primary N) is 1. The highest BCUT2D eigenvalue weighted by Crippen LogP contribution is 2.25. The summed E-state index contributed by atoms with van der Waals surface area (Å²) in [5, 5.41) is 2.83. The topological polar surface area (TPSA) is 88.3 Å². The molecule has 0 saturated heterocycles. The van der Waals surface area contributed by atoms with Gasteiger partial charge in [0, 0.05) is 48.8 Å². The van der Waals surface area contributed by atoms with Crippen LogP contribution in [0.25, 0.3) is 11.1 Å². The van der Waals surface area contributed by atoms with E-state index in [4.69, 9.17) is 5.73 Å². The highest BCUT2D eigenvalue weighted by molar-refractivity contribution is 6.04. The molecule has 0 aliphatic carbocycles. The highest BCUT2D eigenvalue weighted by atomic mass is 16.2. The Kier molecular flexibility index (Phi) is 7.10. The summed E-state index contributed by atoms with van der Waals surface area (Å²) in [5.41, 5.74) is 11.5. The first kappa shape index (κ1) is 22.9. The molecule has 3 N–H and O–H groups in total. The summed E-state index contributed by atoms with van der Waals surface area (Å²) in [6.07, 6.45) is 3.24. The number of pyridine rings is 1. The Morgan fingerprint density at radius 1 is 0.853 bits per heavy atom. The molecule has 170 valence electrons. The van der Waals surface area contributed by atoms with E-state index < -0.39 is 6.04 Å². The molecule has 1 heterocycles.